The van der Waals surface area contributed by atoms with Gasteiger partial charge in [0, 0.05) is 40.9 Å². The van der Waals surface area contributed by atoms with Gasteiger partial charge in [0.25, 0.3) is 5.56 Å². The third kappa shape index (κ3) is 8.83. The normalized spacial score (nSPS) is 11.8. The van der Waals surface area contributed by atoms with Gasteiger partial charge in [0.05, 0.1) is 13.3 Å². The van der Waals surface area contributed by atoms with Gasteiger partial charge in [-0.25, -0.2) is 4.79 Å². The van der Waals surface area contributed by atoms with Crippen LogP contribution in [-0.4, -0.2) is 35.1 Å². The number of carbonyl (C=O) groups excluding carboxylic acids is 3. The Morgan fingerprint density at radius 1 is 0.911 bits per heavy atom. The number of halogens is 1. The largest absolute Gasteiger partial charge is 0.495 e. The van der Waals surface area contributed by atoms with Crippen LogP contribution in [0.4, 0.5) is 10.5 Å². The standard InChI is InChI=1S/C35H36ClN3O6/c1-22(40)27-15-14-25(36)18-28(27)29-19-32(41)39(21-31(29)44-5)30(17-23-10-7-6-8-11-23)33(42)38-26-13-9-12-24(16-26)20-37-34(43)45-35(2,3)4/h6-16,18-19,21,30H,17,20H2,1-5H3,(H,37,43)(H,38,42). The van der Waals surface area contributed by atoms with Crippen LogP contribution in [0.25, 0.3) is 11.1 Å². The highest BCUT2D eigenvalue weighted by atomic mass is 35.5. The molecule has 4 aromatic rings. The number of benzene rings is 3. The molecule has 234 valence electrons. The zero-order chi connectivity index (χ0) is 32.7. The van der Waals surface area contributed by atoms with Crippen LogP contribution in [0.2, 0.25) is 5.02 Å². The number of hydrogen-bond donors (Lipinski definition) is 2. The lowest BCUT2D eigenvalue weighted by Crippen LogP contribution is -2.34. The maximum atomic E-state index is 13.9. The van der Waals surface area contributed by atoms with Crippen LogP contribution in [-0.2, 0) is 22.5 Å². The van der Waals surface area contributed by atoms with Crippen LogP contribution in [0.15, 0.2) is 89.9 Å². The predicted octanol–water partition coefficient (Wildman–Crippen LogP) is 6.83. The van der Waals surface area contributed by atoms with E-state index in [4.69, 9.17) is 21.1 Å². The highest BCUT2D eigenvalue weighted by molar-refractivity contribution is 6.31. The number of nitrogens with zero attached hydrogens (tertiary/aromatic N) is 1. The average Bonchev–Trinajstić information content (AvgIpc) is 2.98. The van der Waals surface area contributed by atoms with Crippen LogP contribution in [0.5, 0.6) is 5.75 Å². The number of amides is 2. The molecule has 1 unspecified atom stereocenters. The Bertz CT molecular complexity index is 1760. The number of pyridine rings is 1. The van der Waals surface area contributed by atoms with Gasteiger partial charge >= 0.3 is 6.09 Å². The molecule has 0 spiro atoms. The summed E-state index contributed by atoms with van der Waals surface area (Å²) in [6.45, 7) is 6.97. The van der Waals surface area contributed by atoms with Crippen LogP contribution >= 0.6 is 11.6 Å². The molecule has 9 nitrogen and oxygen atoms in total. The molecule has 1 aromatic heterocycles. The summed E-state index contributed by atoms with van der Waals surface area (Å²) in [6, 6.07) is 21.6. The third-order valence-electron chi connectivity index (χ3n) is 6.86. The average molecular weight is 630 g/mol. The molecule has 1 heterocycles. The van der Waals surface area contributed by atoms with Crippen LogP contribution in [0.1, 0.15) is 55.2 Å². The first kappa shape index (κ1) is 33.0. The van der Waals surface area contributed by atoms with Gasteiger partial charge in [0.15, 0.2) is 5.78 Å². The van der Waals surface area contributed by atoms with E-state index in [1.807, 2.05) is 36.4 Å². The number of nitrogens with one attached hydrogen (secondary N) is 2. The van der Waals surface area contributed by atoms with E-state index in [-0.39, 0.29) is 18.7 Å². The fraction of sp³-hybridized carbons (Fsp3) is 0.257. The number of anilines is 1. The van der Waals surface area contributed by atoms with Crippen molar-refractivity contribution in [2.24, 2.45) is 0 Å². The van der Waals surface area contributed by atoms with E-state index in [1.165, 1.54) is 30.9 Å². The highest BCUT2D eigenvalue weighted by Crippen LogP contribution is 2.34. The number of methoxy groups -OCH3 is 1. The predicted molar refractivity (Wildman–Crippen MR) is 175 cm³/mol. The number of ether oxygens (including phenoxy) is 2. The van der Waals surface area contributed by atoms with E-state index in [9.17, 15) is 19.2 Å². The van der Waals surface area contributed by atoms with Crippen molar-refractivity contribution >= 4 is 35.1 Å². The molecule has 2 N–H and O–H groups in total. The molecule has 0 radical (unpaired) electrons. The molecule has 45 heavy (non-hydrogen) atoms. The van der Waals surface area contributed by atoms with Crippen LogP contribution < -0.4 is 20.9 Å². The van der Waals surface area contributed by atoms with Crippen molar-refractivity contribution in [1.29, 1.82) is 0 Å². The van der Waals surface area contributed by atoms with E-state index in [0.717, 1.165) is 11.1 Å². The fourth-order valence-corrected chi connectivity index (χ4v) is 4.99. The number of rotatable bonds is 10. The number of ketones is 1. The molecule has 0 saturated carbocycles. The van der Waals surface area contributed by atoms with Crippen LogP contribution in [0, 0.1) is 0 Å². The van der Waals surface area contributed by atoms with Gasteiger partial charge in [-0.1, -0.05) is 54.1 Å². The van der Waals surface area contributed by atoms with E-state index in [0.29, 0.717) is 33.1 Å². The second-order valence-electron chi connectivity index (χ2n) is 11.5. The minimum absolute atomic E-state index is 0.190. The molecule has 2 amide bonds. The summed E-state index contributed by atoms with van der Waals surface area (Å²) in [5.41, 5.74) is 2.20. The van der Waals surface area contributed by atoms with Crippen molar-refractivity contribution in [2.45, 2.75) is 52.3 Å². The van der Waals surface area contributed by atoms with Crippen molar-refractivity contribution in [3.8, 4) is 16.9 Å². The second-order valence-corrected chi connectivity index (χ2v) is 11.9. The maximum Gasteiger partial charge on any atom is 0.407 e. The van der Waals surface area contributed by atoms with Crippen molar-refractivity contribution < 1.29 is 23.9 Å². The molecule has 0 saturated heterocycles. The zero-order valence-corrected chi connectivity index (χ0v) is 26.6. The molecule has 3 aromatic carbocycles. The lowest BCUT2D eigenvalue weighted by molar-refractivity contribution is -0.119. The summed E-state index contributed by atoms with van der Waals surface area (Å²) in [5, 5.41) is 6.03. The Hall–Kier alpha value is -4.89. The number of aromatic nitrogens is 1. The van der Waals surface area contributed by atoms with E-state index >= 15 is 0 Å². The monoisotopic (exact) mass is 629 g/mol. The molecule has 0 fully saturated rings. The molecule has 4 rings (SSSR count). The molecular weight excluding hydrogens is 594 g/mol. The van der Waals surface area contributed by atoms with Gasteiger partial charge < -0.3 is 20.1 Å². The van der Waals surface area contributed by atoms with E-state index in [2.05, 4.69) is 10.6 Å². The van der Waals surface area contributed by atoms with Crippen molar-refractivity contribution in [2.75, 3.05) is 12.4 Å². The van der Waals surface area contributed by atoms with E-state index in [1.54, 1.807) is 57.2 Å². The van der Waals surface area contributed by atoms with Gasteiger partial charge in [0.2, 0.25) is 5.91 Å². The Labute approximate surface area is 267 Å². The first-order valence-corrected chi connectivity index (χ1v) is 14.7. The van der Waals surface area contributed by atoms with Gasteiger partial charge in [-0.2, -0.15) is 0 Å². The summed E-state index contributed by atoms with van der Waals surface area (Å²) in [7, 11) is 1.45. The topological polar surface area (TPSA) is 116 Å². The Morgan fingerprint density at radius 2 is 1.62 bits per heavy atom. The number of hydrogen-bond acceptors (Lipinski definition) is 6. The molecule has 1 atom stereocenters. The van der Waals surface area contributed by atoms with Crippen molar-refractivity contribution in [3.63, 3.8) is 0 Å². The molecule has 0 bridgehead atoms. The highest BCUT2D eigenvalue weighted by Gasteiger charge is 2.25. The third-order valence-corrected chi connectivity index (χ3v) is 7.09. The summed E-state index contributed by atoms with van der Waals surface area (Å²) < 4.78 is 12.3. The first-order valence-electron chi connectivity index (χ1n) is 14.4. The van der Waals surface area contributed by atoms with Crippen molar-refractivity contribution in [1.82, 2.24) is 9.88 Å². The number of Topliss-reactive ketones (excluding diaryl/α,β-unsaturated/α-hetero) is 1. The Morgan fingerprint density at radius 3 is 2.29 bits per heavy atom. The fourth-order valence-electron chi connectivity index (χ4n) is 4.82. The molecule has 10 heteroatoms. The van der Waals surface area contributed by atoms with E-state index < -0.39 is 29.2 Å². The van der Waals surface area contributed by atoms with Gasteiger partial charge in [-0.3, -0.25) is 19.0 Å². The molecule has 0 aliphatic carbocycles. The molecule has 0 aliphatic rings. The number of alkyl carbamates (subject to hydrolysis) is 1. The molecule has 0 aliphatic heterocycles. The zero-order valence-electron chi connectivity index (χ0n) is 25.8. The van der Waals surface area contributed by atoms with Gasteiger partial charge in [-0.05, 0) is 74.7 Å². The summed E-state index contributed by atoms with van der Waals surface area (Å²) in [4.78, 5) is 52.1. The summed E-state index contributed by atoms with van der Waals surface area (Å²) in [5.74, 6) is -0.335. The molecular formula is C35H36ClN3O6. The lowest BCUT2D eigenvalue weighted by Gasteiger charge is -2.22. The summed E-state index contributed by atoms with van der Waals surface area (Å²) in [6.07, 6.45) is 1.15. The first-order chi connectivity index (χ1) is 21.3. The Kier molecular flexibility index (Phi) is 10.5. The minimum Gasteiger partial charge on any atom is -0.495 e. The van der Waals surface area contributed by atoms with Crippen LogP contribution in [0.3, 0.4) is 0 Å². The quantitative estimate of drug-likeness (QED) is 0.186. The van der Waals surface area contributed by atoms with Crippen molar-refractivity contribution in [3.05, 3.63) is 117 Å². The number of carbonyl (C=O) groups is 3. The van der Waals surface area contributed by atoms with Gasteiger partial charge in [-0.15, -0.1) is 0 Å². The Balaban J connectivity index is 1.68. The second kappa shape index (κ2) is 14.3. The lowest BCUT2D eigenvalue weighted by atomic mass is 9.97. The smallest absolute Gasteiger partial charge is 0.407 e. The maximum absolute atomic E-state index is 13.9. The summed E-state index contributed by atoms with van der Waals surface area (Å²) >= 11 is 6.25. The van der Waals surface area contributed by atoms with Gasteiger partial charge in [0.1, 0.15) is 17.4 Å². The minimum atomic E-state index is -0.960. The SMILES string of the molecule is COc1cn(C(Cc2ccccc2)C(=O)Nc2cccc(CNC(=O)OC(C)(C)C)c2)c(=O)cc1-c1cc(Cl)ccc1C(C)=O.